The lowest BCUT2D eigenvalue weighted by atomic mass is 10.1. The third-order valence-electron chi connectivity index (χ3n) is 4.97. The number of nitrogens with zero attached hydrogens (tertiary/aromatic N) is 4. The molecule has 2 fully saturated rings. The fraction of sp³-hybridized carbons (Fsp3) is 0.611. The van der Waals surface area contributed by atoms with Gasteiger partial charge in [0, 0.05) is 45.0 Å². The van der Waals surface area contributed by atoms with E-state index in [4.69, 9.17) is 0 Å². The molecule has 0 radical (unpaired) electrons. The number of hydrogen-bond acceptors (Lipinski definition) is 4. The van der Waals surface area contributed by atoms with Crippen LogP contribution < -0.4 is 0 Å². The average molecular weight is 330 g/mol. The molecule has 24 heavy (non-hydrogen) atoms. The fourth-order valence-electron chi connectivity index (χ4n) is 3.65. The van der Waals surface area contributed by atoms with Crippen LogP contribution in [0.3, 0.4) is 0 Å². The minimum Gasteiger partial charge on any atom is -0.339 e. The standard InChI is InChI=1S/C18H26N4O2/c1-15(23)21-10-11-22(17(14-21)13-20-8-4-5-9-20)18(24)12-16-6-2-3-7-19-16/h2-3,6-7,17H,4-5,8-14H2,1H3/t17-/m0/s1. The van der Waals surface area contributed by atoms with Crippen LogP contribution in [-0.4, -0.2) is 76.8 Å². The molecule has 3 heterocycles. The lowest BCUT2D eigenvalue weighted by Gasteiger charge is -2.42. The van der Waals surface area contributed by atoms with Crippen LogP contribution in [0, 0.1) is 0 Å². The molecule has 2 aliphatic rings. The molecule has 0 spiro atoms. The predicted octanol–water partition coefficient (Wildman–Crippen LogP) is 0.779. The van der Waals surface area contributed by atoms with Gasteiger partial charge in [-0.1, -0.05) is 6.07 Å². The Kier molecular flexibility index (Phi) is 5.45. The van der Waals surface area contributed by atoms with Crippen LogP contribution in [0.25, 0.3) is 0 Å². The Morgan fingerprint density at radius 3 is 2.62 bits per heavy atom. The SMILES string of the molecule is CC(=O)N1CCN(C(=O)Cc2ccccn2)[C@@H](CN2CCCC2)C1. The largest absolute Gasteiger partial charge is 0.339 e. The molecule has 2 amide bonds. The van der Waals surface area contributed by atoms with Crippen molar-refractivity contribution in [2.75, 3.05) is 39.3 Å². The van der Waals surface area contributed by atoms with Gasteiger partial charge < -0.3 is 14.7 Å². The Labute approximate surface area is 143 Å². The Morgan fingerprint density at radius 2 is 1.96 bits per heavy atom. The third-order valence-corrected chi connectivity index (χ3v) is 4.97. The maximum Gasteiger partial charge on any atom is 0.229 e. The number of carbonyl (C=O) groups is 2. The van der Waals surface area contributed by atoms with E-state index in [0.29, 0.717) is 26.1 Å². The van der Waals surface area contributed by atoms with Crippen molar-refractivity contribution in [1.29, 1.82) is 0 Å². The number of piperazine rings is 1. The van der Waals surface area contributed by atoms with Crippen molar-refractivity contribution in [3.8, 4) is 0 Å². The van der Waals surface area contributed by atoms with E-state index in [1.807, 2.05) is 28.0 Å². The lowest BCUT2D eigenvalue weighted by Crippen LogP contribution is -2.59. The molecular weight excluding hydrogens is 304 g/mol. The Morgan fingerprint density at radius 1 is 1.17 bits per heavy atom. The molecule has 6 nitrogen and oxygen atoms in total. The average Bonchev–Trinajstić information content (AvgIpc) is 3.08. The van der Waals surface area contributed by atoms with E-state index < -0.39 is 0 Å². The first-order valence-corrected chi connectivity index (χ1v) is 8.81. The second kappa shape index (κ2) is 7.75. The van der Waals surface area contributed by atoms with Crippen LogP contribution in [0.15, 0.2) is 24.4 Å². The van der Waals surface area contributed by atoms with Gasteiger partial charge in [0.15, 0.2) is 0 Å². The highest BCUT2D eigenvalue weighted by Crippen LogP contribution is 2.16. The van der Waals surface area contributed by atoms with Crippen molar-refractivity contribution in [3.05, 3.63) is 30.1 Å². The van der Waals surface area contributed by atoms with Gasteiger partial charge in [-0.25, -0.2) is 0 Å². The topological polar surface area (TPSA) is 56.8 Å². The van der Waals surface area contributed by atoms with E-state index in [9.17, 15) is 9.59 Å². The predicted molar refractivity (Wildman–Crippen MR) is 91.4 cm³/mol. The summed E-state index contributed by atoms with van der Waals surface area (Å²) in [7, 11) is 0. The number of aromatic nitrogens is 1. The molecule has 1 atom stereocenters. The molecule has 0 bridgehead atoms. The highest BCUT2D eigenvalue weighted by atomic mass is 16.2. The molecule has 0 aliphatic carbocycles. The van der Waals surface area contributed by atoms with Crippen molar-refractivity contribution in [3.63, 3.8) is 0 Å². The van der Waals surface area contributed by atoms with E-state index in [1.54, 1.807) is 13.1 Å². The van der Waals surface area contributed by atoms with Crippen LogP contribution in [0.5, 0.6) is 0 Å². The molecular formula is C18H26N4O2. The van der Waals surface area contributed by atoms with Crippen LogP contribution >= 0.6 is 0 Å². The Bertz CT molecular complexity index is 572. The van der Waals surface area contributed by atoms with Crippen molar-refractivity contribution < 1.29 is 9.59 Å². The maximum absolute atomic E-state index is 12.8. The van der Waals surface area contributed by atoms with E-state index in [2.05, 4.69) is 9.88 Å². The highest BCUT2D eigenvalue weighted by molar-refractivity contribution is 5.79. The second-order valence-electron chi connectivity index (χ2n) is 6.71. The Hall–Kier alpha value is -1.95. The number of rotatable bonds is 4. The monoisotopic (exact) mass is 330 g/mol. The summed E-state index contributed by atoms with van der Waals surface area (Å²) >= 11 is 0. The molecule has 2 aliphatic heterocycles. The van der Waals surface area contributed by atoms with E-state index >= 15 is 0 Å². The van der Waals surface area contributed by atoms with Crippen molar-refractivity contribution in [2.45, 2.75) is 32.2 Å². The summed E-state index contributed by atoms with van der Waals surface area (Å²) in [4.78, 5) is 35.0. The van der Waals surface area contributed by atoms with Gasteiger partial charge in [0.25, 0.3) is 0 Å². The van der Waals surface area contributed by atoms with Gasteiger partial charge in [-0.05, 0) is 38.1 Å². The Balaban J connectivity index is 1.68. The molecule has 0 aromatic carbocycles. The van der Waals surface area contributed by atoms with Crippen molar-refractivity contribution in [1.82, 2.24) is 19.7 Å². The molecule has 0 unspecified atom stereocenters. The van der Waals surface area contributed by atoms with Gasteiger partial charge in [0.05, 0.1) is 12.5 Å². The van der Waals surface area contributed by atoms with Gasteiger partial charge in [0.2, 0.25) is 11.8 Å². The number of carbonyl (C=O) groups excluding carboxylic acids is 2. The first kappa shape index (κ1) is 16.9. The second-order valence-corrected chi connectivity index (χ2v) is 6.71. The van der Waals surface area contributed by atoms with Gasteiger partial charge in [-0.15, -0.1) is 0 Å². The molecule has 130 valence electrons. The summed E-state index contributed by atoms with van der Waals surface area (Å²) in [5.74, 6) is 0.208. The first-order chi connectivity index (χ1) is 11.6. The quantitative estimate of drug-likeness (QED) is 0.819. The van der Waals surface area contributed by atoms with Gasteiger partial charge >= 0.3 is 0 Å². The van der Waals surface area contributed by atoms with Gasteiger partial charge in [0.1, 0.15) is 0 Å². The minimum absolute atomic E-state index is 0.0805. The van der Waals surface area contributed by atoms with Crippen LogP contribution in [-0.2, 0) is 16.0 Å². The number of hydrogen-bond donors (Lipinski definition) is 0. The third kappa shape index (κ3) is 4.12. The van der Waals surface area contributed by atoms with E-state index in [0.717, 1.165) is 25.3 Å². The van der Waals surface area contributed by atoms with Crippen LogP contribution in [0.1, 0.15) is 25.5 Å². The van der Waals surface area contributed by atoms with Crippen LogP contribution in [0.4, 0.5) is 0 Å². The fourth-order valence-corrected chi connectivity index (χ4v) is 3.65. The van der Waals surface area contributed by atoms with Gasteiger partial charge in [-0.2, -0.15) is 0 Å². The molecule has 3 rings (SSSR count). The summed E-state index contributed by atoms with van der Waals surface area (Å²) in [5.41, 5.74) is 0.802. The summed E-state index contributed by atoms with van der Waals surface area (Å²) < 4.78 is 0. The lowest BCUT2D eigenvalue weighted by molar-refractivity contribution is -0.142. The molecule has 1 aromatic heterocycles. The highest BCUT2D eigenvalue weighted by Gasteiger charge is 2.33. The molecule has 2 saturated heterocycles. The van der Waals surface area contributed by atoms with Crippen LogP contribution in [0.2, 0.25) is 0 Å². The van der Waals surface area contributed by atoms with E-state index in [1.165, 1.54) is 12.8 Å². The summed E-state index contributed by atoms with van der Waals surface area (Å²) in [6, 6.07) is 5.73. The van der Waals surface area contributed by atoms with Crippen molar-refractivity contribution >= 4 is 11.8 Å². The summed E-state index contributed by atoms with van der Waals surface area (Å²) in [5, 5.41) is 0. The molecule has 1 aromatic rings. The molecule has 0 saturated carbocycles. The number of pyridine rings is 1. The van der Waals surface area contributed by atoms with E-state index in [-0.39, 0.29) is 17.9 Å². The maximum atomic E-state index is 12.8. The first-order valence-electron chi connectivity index (χ1n) is 8.81. The molecule has 0 N–H and O–H groups in total. The zero-order chi connectivity index (χ0) is 16.9. The smallest absolute Gasteiger partial charge is 0.229 e. The summed E-state index contributed by atoms with van der Waals surface area (Å²) in [6.07, 6.45) is 4.51. The molecule has 6 heteroatoms. The van der Waals surface area contributed by atoms with Gasteiger partial charge in [-0.3, -0.25) is 14.6 Å². The number of amides is 2. The minimum atomic E-state index is 0.0805. The zero-order valence-corrected chi connectivity index (χ0v) is 14.4. The normalized spacial score (nSPS) is 22.0. The number of likely N-dealkylation sites (tertiary alicyclic amines) is 1. The summed E-state index contributed by atoms with van der Waals surface area (Å²) in [6.45, 7) is 6.54. The zero-order valence-electron chi connectivity index (χ0n) is 14.4. The van der Waals surface area contributed by atoms with Crippen molar-refractivity contribution in [2.24, 2.45) is 0 Å².